The van der Waals surface area contributed by atoms with Crippen LogP contribution in [0.1, 0.15) is 43.2 Å². The molecule has 0 spiro atoms. The first kappa shape index (κ1) is 25.9. The molecule has 2 N–H and O–H groups in total. The first-order chi connectivity index (χ1) is 17.7. The van der Waals surface area contributed by atoms with Gasteiger partial charge in [-0.2, -0.15) is 5.10 Å². The number of aromatic nitrogens is 3. The van der Waals surface area contributed by atoms with Crippen molar-refractivity contribution in [1.82, 2.24) is 20.3 Å². The number of hydrogen-bond donors (Lipinski definition) is 2. The van der Waals surface area contributed by atoms with E-state index in [4.69, 9.17) is 14.0 Å². The minimum atomic E-state index is 0.617. The zero-order valence-electron chi connectivity index (χ0n) is 21.7. The Morgan fingerprint density at radius 1 is 1.06 bits per heavy atom. The van der Waals surface area contributed by atoms with E-state index < -0.39 is 0 Å². The number of rotatable bonds is 8. The van der Waals surface area contributed by atoms with E-state index in [2.05, 4.69) is 44.0 Å². The molecule has 36 heavy (non-hydrogen) atoms. The smallest absolute Gasteiger partial charge is 0.191 e. The molecule has 3 heterocycles. The molecule has 4 aromatic rings. The number of ether oxygens (including phenoxy) is 2. The number of benzene rings is 2. The van der Waals surface area contributed by atoms with E-state index in [1.54, 1.807) is 14.2 Å². The van der Waals surface area contributed by atoms with Crippen molar-refractivity contribution in [2.24, 2.45) is 0 Å². The highest BCUT2D eigenvalue weighted by atomic mass is 32.2. The summed E-state index contributed by atoms with van der Waals surface area (Å²) in [6, 6.07) is 10.2. The number of methoxy groups -OCH3 is 2. The highest BCUT2D eigenvalue weighted by Gasteiger charge is 2.19. The minimum Gasteiger partial charge on any atom is -0.496 e. The van der Waals surface area contributed by atoms with Crippen molar-refractivity contribution in [3.8, 4) is 11.5 Å². The summed E-state index contributed by atoms with van der Waals surface area (Å²) in [7, 11) is 3.35. The Labute approximate surface area is 216 Å². The van der Waals surface area contributed by atoms with Crippen molar-refractivity contribution in [2.75, 3.05) is 32.0 Å². The molecule has 0 saturated carbocycles. The summed E-state index contributed by atoms with van der Waals surface area (Å²) in [5.41, 5.74) is 5.59. The summed E-state index contributed by atoms with van der Waals surface area (Å²) < 4.78 is 22.4. The van der Waals surface area contributed by atoms with E-state index in [0.29, 0.717) is 23.7 Å². The lowest BCUT2D eigenvalue weighted by atomic mass is 10.1. The van der Waals surface area contributed by atoms with Crippen molar-refractivity contribution in [3.05, 3.63) is 58.9 Å². The molecule has 1 aliphatic heterocycles. The number of fused-ring (bicyclic) bond motifs is 2. The zero-order chi connectivity index (χ0) is 25.5. The predicted octanol–water partition coefficient (Wildman–Crippen LogP) is 5.49. The van der Waals surface area contributed by atoms with Crippen LogP contribution in [0.4, 0.5) is 5.82 Å². The molecule has 192 valence electrons. The molecule has 9 heteroatoms. The van der Waals surface area contributed by atoms with E-state index >= 15 is 0 Å². The standard InChI is InChI=1S/C25H29N5O3S.C2H6/c1-4-16-5-6-20(31-2)23(13-16)34-29-25-24-21(32-3)11-17(12-22(24)33-28-25)15-30-19-8-10-26-9-7-18(19)14-27-30;1-2/h5-6,11-14,26H,4,7-10,15H2,1-3H3,(H,28,29);1-2H3. The topological polar surface area (TPSA) is 86.4 Å². The van der Waals surface area contributed by atoms with Crippen LogP contribution in [0.3, 0.4) is 0 Å². The second kappa shape index (κ2) is 12.2. The van der Waals surface area contributed by atoms with Gasteiger partial charge < -0.3 is 24.0 Å². The quantitative estimate of drug-likeness (QED) is 0.302. The number of nitrogens with zero attached hydrogens (tertiary/aromatic N) is 3. The lowest BCUT2D eigenvalue weighted by Crippen LogP contribution is -2.17. The molecule has 2 aromatic carbocycles. The molecule has 0 amide bonds. The number of hydrogen-bond acceptors (Lipinski definition) is 8. The van der Waals surface area contributed by atoms with Crippen LogP contribution in [0.15, 0.2) is 45.9 Å². The molecular weight excluding hydrogens is 474 g/mol. The summed E-state index contributed by atoms with van der Waals surface area (Å²) >= 11 is 1.45. The van der Waals surface area contributed by atoms with Gasteiger partial charge in [0.05, 0.1) is 31.9 Å². The summed E-state index contributed by atoms with van der Waals surface area (Å²) in [6.45, 7) is 8.76. The van der Waals surface area contributed by atoms with Gasteiger partial charge in [-0.1, -0.05) is 32.0 Å². The third-order valence-electron chi connectivity index (χ3n) is 6.19. The first-order valence-electron chi connectivity index (χ1n) is 12.5. The Hall–Kier alpha value is -3.17. The summed E-state index contributed by atoms with van der Waals surface area (Å²) in [6.07, 6.45) is 4.94. The van der Waals surface area contributed by atoms with Crippen molar-refractivity contribution < 1.29 is 14.0 Å². The Morgan fingerprint density at radius 3 is 2.64 bits per heavy atom. The SMILES string of the molecule is CC.CCc1ccc(OC)c(SNc2noc3cc(Cn4ncc5c4CCNCC5)cc(OC)c23)c1. The van der Waals surface area contributed by atoms with Gasteiger partial charge in [0.15, 0.2) is 11.4 Å². The van der Waals surface area contributed by atoms with Crippen LogP contribution < -0.4 is 19.5 Å². The van der Waals surface area contributed by atoms with E-state index in [0.717, 1.165) is 53.9 Å². The molecule has 0 radical (unpaired) electrons. The van der Waals surface area contributed by atoms with Crippen LogP contribution >= 0.6 is 11.9 Å². The second-order valence-electron chi connectivity index (χ2n) is 8.27. The molecule has 8 nitrogen and oxygen atoms in total. The van der Waals surface area contributed by atoms with Crippen molar-refractivity contribution >= 4 is 28.7 Å². The maximum atomic E-state index is 5.74. The Bertz CT molecular complexity index is 1300. The fraction of sp³-hybridized carbons (Fsp3) is 0.407. The maximum absolute atomic E-state index is 5.74. The number of aryl methyl sites for hydroxylation is 1. The molecular formula is C27H35N5O3S. The molecule has 0 unspecified atom stereocenters. The largest absolute Gasteiger partial charge is 0.496 e. The van der Waals surface area contributed by atoms with Gasteiger partial charge in [-0.05, 0) is 72.3 Å². The molecule has 0 bridgehead atoms. The third kappa shape index (κ3) is 5.47. The highest BCUT2D eigenvalue weighted by Crippen LogP contribution is 2.37. The highest BCUT2D eigenvalue weighted by molar-refractivity contribution is 8.00. The monoisotopic (exact) mass is 509 g/mol. The van der Waals surface area contributed by atoms with Crippen LogP contribution in [0.2, 0.25) is 0 Å². The van der Waals surface area contributed by atoms with Crippen LogP contribution in [-0.2, 0) is 25.8 Å². The second-order valence-corrected chi connectivity index (χ2v) is 9.12. The van der Waals surface area contributed by atoms with Gasteiger partial charge in [-0.3, -0.25) is 4.68 Å². The van der Waals surface area contributed by atoms with Crippen LogP contribution in [-0.4, -0.2) is 42.2 Å². The van der Waals surface area contributed by atoms with Gasteiger partial charge in [-0.15, -0.1) is 0 Å². The summed E-state index contributed by atoms with van der Waals surface area (Å²) in [5, 5.41) is 13.2. The third-order valence-corrected chi connectivity index (χ3v) is 7.02. The fourth-order valence-corrected chi connectivity index (χ4v) is 5.16. The fourth-order valence-electron chi connectivity index (χ4n) is 4.35. The Morgan fingerprint density at radius 2 is 1.86 bits per heavy atom. The van der Waals surface area contributed by atoms with Crippen molar-refractivity contribution in [3.63, 3.8) is 0 Å². The molecule has 1 aliphatic rings. The molecule has 0 fully saturated rings. The van der Waals surface area contributed by atoms with Crippen LogP contribution in [0.5, 0.6) is 11.5 Å². The number of nitrogens with one attached hydrogen (secondary N) is 2. The summed E-state index contributed by atoms with van der Waals surface area (Å²) in [5.74, 6) is 2.14. The van der Waals surface area contributed by atoms with Crippen LogP contribution in [0, 0.1) is 0 Å². The molecule has 2 aromatic heterocycles. The van der Waals surface area contributed by atoms with Gasteiger partial charge in [0, 0.05) is 18.7 Å². The molecule has 0 saturated heterocycles. The zero-order valence-corrected chi connectivity index (χ0v) is 22.5. The molecule has 0 aliphatic carbocycles. The van der Waals surface area contributed by atoms with Gasteiger partial charge in [0.1, 0.15) is 16.9 Å². The minimum absolute atomic E-state index is 0.617. The maximum Gasteiger partial charge on any atom is 0.191 e. The van der Waals surface area contributed by atoms with Gasteiger partial charge >= 0.3 is 0 Å². The van der Waals surface area contributed by atoms with Crippen molar-refractivity contribution in [1.29, 1.82) is 0 Å². The van der Waals surface area contributed by atoms with Crippen molar-refractivity contribution in [2.45, 2.75) is 51.5 Å². The Kier molecular flexibility index (Phi) is 8.77. The van der Waals surface area contributed by atoms with Gasteiger partial charge in [-0.25, -0.2) is 0 Å². The average molecular weight is 510 g/mol. The first-order valence-corrected chi connectivity index (χ1v) is 13.3. The van der Waals surface area contributed by atoms with Gasteiger partial charge in [0.2, 0.25) is 0 Å². The lowest BCUT2D eigenvalue weighted by molar-refractivity contribution is 0.404. The normalized spacial score (nSPS) is 12.9. The van der Waals surface area contributed by atoms with Gasteiger partial charge in [0.25, 0.3) is 0 Å². The van der Waals surface area contributed by atoms with E-state index in [1.807, 2.05) is 38.2 Å². The van der Waals surface area contributed by atoms with E-state index in [9.17, 15) is 0 Å². The summed E-state index contributed by atoms with van der Waals surface area (Å²) in [4.78, 5) is 0.988. The van der Waals surface area contributed by atoms with E-state index in [-0.39, 0.29) is 0 Å². The number of anilines is 1. The lowest BCUT2D eigenvalue weighted by Gasteiger charge is -2.11. The van der Waals surface area contributed by atoms with E-state index in [1.165, 1.54) is 28.8 Å². The average Bonchev–Trinajstić information content (AvgIpc) is 3.42. The molecule has 0 atom stereocenters. The Balaban J connectivity index is 0.00000148. The predicted molar refractivity (Wildman–Crippen MR) is 145 cm³/mol. The molecule has 5 rings (SSSR count). The van der Waals surface area contributed by atoms with Crippen LogP contribution in [0.25, 0.3) is 11.0 Å².